The Morgan fingerprint density at radius 2 is 1.88 bits per heavy atom. The van der Waals surface area contributed by atoms with Gasteiger partial charge in [-0.25, -0.2) is 0 Å². The van der Waals surface area contributed by atoms with Crippen LogP contribution in [0.2, 0.25) is 10.0 Å². The lowest BCUT2D eigenvalue weighted by molar-refractivity contribution is 0.121. The molecule has 0 radical (unpaired) electrons. The average Bonchev–Trinajstić information content (AvgIpc) is 3.33. The molecule has 4 nitrogen and oxygen atoms in total. The quantitative estimate of drug-likeness (QED) is 0.553. The molecule has 2 aromatic rings. The molecule has 1 heterocycles. The van der Waals surface area contributed by atoms with Crippen LogP contribution in [0.4, 0.5) is 0 Å². The van der Waals surface area contributed by atoms with Crippen LogP contribution in [0.1, 0.15) is 17.5 Å². The third kappa shape index (κ3) is 3.18. The van der Waals surface area contributed by atoms with Crippen molar-refractivity contribution in [2.24, 2.45) is 11.1 Å². The highest BCUT2D eigenvalue weighted by Gasteiger charge is 2.64. The van der Waals surface area contributed by atoms with Gasteiger partial charge in [0.05, 0.1) is 11.6 Å². The van der Waals surface area contributed by atoms with Crippen molar-refractivity contribution < 1.29 is 9.57 Å². The Morgan fingerprint density at radius 3 is 2.62 bits per heavy atom. The molecular weight excluding hydrogens is 371 g/mol. The van der Waals surface area contributed by atoms with Crippen LogP contribution in [0.5, 0.6) is 5.75 Å². The summed E-state index contributed by atoms with van der Waals surface area (Å²) >= 11 is 12.2. The van der Waals surface area contributed by atoms with Crippen LogP contribution >= 0.6 is 23.2 Å². The van der Waals surface area contributed by atoms with Crippen LogP contribution in [0.3, 0.4) is 0 Å². The van der Waals surface area contributed by atoms with Crippen LogP contribution < -0.4 is 4.74 Å². The molecule has 0 N–H and O–H groups in total. The molecule has 6 heteroatoms. The zero-order valence-corrected chi connectivity index (χ0v) is 16.2. The molecule has 0 spiro atoms. The lowest BCUT2D eigenvalue weighted by Crippen LogP contribution is -2.28. The van der Waals surface area contributed by atoms with E-state index in [0.29, 0.717) is 16.7 Å². The molecule has 2 aromatic carbocycles. The number of oxime groups is 1. The first kappa shape index (κ1) is 17.7. The van der Waals surface area contributed by atoms with Gasteiger partial charge in [0, 0.05) is 28.6 Å². The molecule has 2 unspecified atom stereocenters. The summed E-state index contributed by atoms with van der Waals surface area (Å²) in [6, 6.07) is 13.5. The largest absolute Gasteiger partial charge is 0.481 e. The third-order valence-corrected chi connectivity index (χ3v) is 5.36. The maximum atomic E-state index is 6.40. The van der Waals surface area contributed by atoms with E-state index in [9.17, 15) is 0 Å². The van der Waals surface area contributed by atoms with Crippen molar-refractivity contribution >= 4 is 28.9 Å². The summed E-state index contributed by atoms with van der Waals surface area (Å²) in [7, 11) is 4.02. The van der Waals surface area contributed by atoms with Gasteiger partial charge in [-0.1, -0.05) is 40.5 Å². The fourth-order valence-electron chi connectivity index (χ4n) is 3.41. The molecule has 0 bridgehead atoms. The highest BCUT2D eigenvalue weighted by atomic mass is 35.5. The average molecular weight is 391 g/mol. The number of nitrogens with zero attached hydrogens (tertiary/aromatic N) is 2. The second-order valence-corrected chi connectivity index (χ2v) is 7.88. The highest BCUT2D eigenvalue weighted by Crippen LogP contribution is 2.60. The summed E-state index contributed by atoms with van der Waals surface area (Å²) in [6.07, 6.45) is 0.858. The Bertz CT molecular complexity index is 851. The predicted molar refractivity (Wildman–Crippen MR) is 104 cm³/mol. The second-order valence-electron chi connectivity index (χ2n) is 7.01. The van der Waals surface area contributed by atoms with E-state index < -0.39 is 5.60 Å². The number of hydrogen-bond donors (Lipinski definition) is 0. The Hall–Kier alpha value is -1.75. The Labute approximate surface area is 163 Å². The van der Waals surface area contributed by atoms with E-state index in [4.69, 9.17) is 32.8 Å². The highest BCUT2D eigenvalue weighted by molar-refractivity contribution is 6.31. The minimum Gasteiger partial charge on any atom is -0.481 e. The third-order valence-electron chi connectivity index (χ3n) is 4.88. The Morgan fingerprint density at radius 1 is 1.15 bits per heavy atom. The molecule has 1 aliphatic carbocycles. The van der Waals surface area contributed by atoms with Crippen LogP contribution in [0.25, 0.3) is 0 Å². The maximum Gasteiger partial charge on any atom is 0.143 e. The topological polar surface area (TPSA) is 34.1 Å². The lowest BCUT2D eigenvalue weighted by Gasteiger charge is -2.27. The number of rotatable bonds is 5. The van der Waals surface area contributed by atoms with Crippen molar-refractivity contribution in [2.75, 3.05) is 27.2 Å². The van der Waals surface area contributed by atoms with Crippen molar-refractivity contribution in [1.82, 2.24) is 4.90 Å². The van der Waals surface area contributed by atoms with E-state index in [-0.39, 0.29) is 5.92 Å². The molecule has 26 heavy (non-hydrogen) atoms. The summed E-state index contributed by atoms with van der Waals surface area (Å²) in [5.41, 5.74) is 2.56. The number of benzene rings is 2. The van der Waals surface area contributed by atoms with E-state index in [1.54, 1.807) is 0 Å². The van der Waals surface area contributed by atoms with Gasteiger partial charge < -0.3 is 14.5 Å². The van der Waals surface area contributed by atoms with Crippen molar-refractivity contribution in [1.29, 1.82) is 0 Å². The number of fused-ring (bicyclic) bond motifs is 2. The first-order valence-corrected chi connectivity index (χ1v) is 9.35. The lowest BCUT2D eigenvalue weighted by atomic mass is 9.96. The van der Waals surface area contributed by atoms with Gasteiger partial charge in [-0.2, -0.15) is 0 Å². The van der Waals surface area contributed by atoms with E-state index in [2.05, 4.69) is 10.1 Å². The van der Waals surface area contributed by atoms with Crippen LogP contribution in [0, 0.1) is 5.92 Å². The van der Waals surface area contributed by atoms with Gasteiger partial charge in [-0.15, -0.1) is 0 Å². The van der Waals surface area contributed by atoms with Gasteiger partial charge in [-0.3, -0.25) is 0 Å². The van der Waals surface area contributed by atoms with Crippen molar-refractivity contribution in [3.63, 3.8) is 0 Å². The zero-order valence-electron chi connectivity index (χ0n) is 14.7. The molecule has 1 fully saturated rings. The molecule has 2 atom stereocenters. The Kier molecular flexibility index (Phi) is 4.59. The molecule has 136 valence electrons. The maximum absolute atomic E-state index is 6.40. The van der Waals surface area contributed by atoms with Gasteiger partial charge >= 0.3 is 0 Å². The molecule has 4 rings (SSSR count). The summed E-state index contributed by atoms with van der Waals surface area (Å²) < 4.78 is 6.40. The summed E-state index contributed by atoms with van der Waals surface area (Å²) in [5, 5.41) is 5.83. The van der Waals surface area contributed by atoms with E-state index in [1.807, 2.05) is 56.6 Å². The number of halogens is 2. The first-order valence-electron chi connectivity index (χ1n) is 8.59. The van der Waals surface area contributed by atoms with E-state index in [1.165, 1.54) is 0 Å². The number of likely N-dealkylation sites (N-methyl/N-ethyl adjacent to an activating group) is 1. The van der Waals surface area contributed by atoms with Gasteiger partial charge in [0.1, 0.15) is 18.0 Å². The van der Waals surface area contributed by atoms with E-state index >= 15 is 0 Å². The fourth-order valence-corrected chi connectivity index (χ4v) is 3.70. The van der Waals surface area contributed by atoms with E-state index in [0.717, 1.165) is 35.6 Å². The van der Waals surface area contributed by atoms with Gasteiger partial charge in [0.25, 0.3) is 0 Å². The smallest absolute Gasteiger partial charge is 0.143 e. The minimum atomic E-state index is -0.411. The fraction of sp³-hybridized carbons (Fsp3) is 0.350. The molecule has 2 aliphatic rings. The number of hydrogen-bond acceptors (Lipinski definition) is 4. The zero-order chi connectivity index (χ0) is 18.3. The van der Waals surface area contributed by atoms with Gasteiger partial charge in [0.2, 0.25) is 0 Å². The molecule has 1 aliphatic heterocycles. The van der Waals surface area contributed by atoms with Crippen molar-refractivity contribution in [3.8, 4) is 5.75 Å². The van der Waals surface area contributed by atoms with Gasteiger partial charge in [0.15, 0.2) is 0 Å². The van der Waals surface area contributed by atoms with Gasteiger partial charge in [-0.05, 0) is 50.0 Å². The summed E-state index contributed by atoms with van der Waals surface area (Å²) in [5.74, 6) is 0.910. The normalized spacial score (nSPS) is 24.8. The van der Waals surface area contributed by atoms with Crippen molar-refractivity contribution in [3.05, 3.63) is 63.6 Å². The van der Waals surface area contributed by atoms with Crippen molar-refractivity contribution in [2.45, 2.75) is 12.0 Å². The SMILES string of the molecule is CN(C)CCON=C1c2ccc(Cl)cc2OC2(c3ccc(Cl)cc3)CC12. The van der Waals surface area contributed by atoms with Crippen LogP contribution in [-0.2, 0) is 10.4 Å². The monoisotopic (exact) mass is 390 g/mol. The van der Waals surface area contributed by atoms with Crippen LogP contribution in [-0.4, -0.2) is 37.9 Å². The minimum absolute atomic E-state index is 0.164. The molecule has 0 aromatic heterocycles. The molecule has 1 saturated carbocycles. The molecule has 0 amide bonds. The Balaban J connectivity index is 1.68. The number of ether oxygens (including phenoxy) is 1. The second kappa shape index (κ2) is 6.76. The standard InChI is InChI=1S/C20H20Cl2N2O2/c1-24(2)9-10-25-23-19-16-8-7-15(22)11-18(16)26-20(12-17(19)20)13-3-5-14(21)6-4-13/h3-8,11,17H,9-10,12H2,1-2H3. The summed E-state index contributed by atoms with van der Waals surface area (Å²) in [4.78, 5) is 7.67. The molecular formula is C20H20Cl2N2O2. The summed E-state index contributed by atoms with van der Waals surface area (Å²) in [6.45, 7) is 1.36. The molecule has 0 saturated heterocycles. The first-order chi connectivity index (χ1) is 12.5. The predicted octanol–water partition coefficient (Wildman–Crippen LogP) is 4.58. The van der Waals surface area contributed by atoms with Crippen LogP contribution in [0.15, 0.2) is 47.6 Å².